The normalized spacial score (nSPS) is 23.2. The molecule has 2 saturated heterocycles. The smallest absolute Gasteiger partial charge is 0.316 e. The zero-order valence-corrected chi connectivity index (χ0v) is 14.1. The molecule has 132 valence electrons. The summed E-state index contributed by atoms with van der Waals surface area (Å²) in [4.78, 5) is 22.2. The van der Waals surface area contributed by atoms with Crippen LogP contribution in [0.3, 0.4) is 0 Å². The van der Waals surface area contributed by atoms with Crippen molar-refractivity contribution < 1.29 is 19.0 Å². The summed E-state index contributed by atoms with van der Waals surface area (Å²) in [5.41, 5.74) is -0.194. The predicted octanol–water partition coefficient (Wildman–Crippen LogP) is 1.43. The van der Waals surface area contributed by atoms with Crippen molar-refractivity contribution in [2.24, 2.45) is 0 Å². The highest BCUT2D eigenvalue weighted by Gasteiger charge is 2.42. The van der Waals surface area contributed by atoms with E-state index in [1.807, 2.05) is 11.8 Å². The third-order valence-corrected chi connectivity index (χ3v) is 4.72. The SMILES string of the molecule is CCOCC(=O)N1CCC2(CC1)CC(Oc1ncccn1)CCO2. The number of nitrogens with zero attached hydrogens (tertiary/aromatic N) is 3. The number of aromatic nitrogens is 2. The van der Waals surface area contributed by atoms with E-state index in [4.69, 9.17) is 14.2 Å². The molecule has 2 aliphatic rings. The van der Waals surface area contributed by atoms with Gasteiger partial charge in [-0.3, -0.25) is 4.79 Å². The summed E-state index contributed by atoms with van der Waals surface area (Å²) in [6, 6.07) is 2.19. The van der Waals surface area contributed by atoms with Crippen LogP contribution in [0.1, 0.15) is 32.6 Å². The standard InChI is InChI=1S/C17H25N3O4/c1-2-22-13-15(21)20-9-5-17(6-10-20)12-14(4-11-23-17)24-16-18-7-3-8-19-16/h3,7-8,14H,2,4-6,9-13H2,1H3. The number of rotatable bonds is 5. The van der Waals surface area contributed by atoms with Crippen LogP contribution in [0.5, 0.6) is 6.01 Å². The lowest BCUT2D eigenvalue weighted by Crippen LogP contribution is -2.53. The maximum atomic E-state index is 12.1. The second-order valence-corrected chi connectivity index (χ2v) is 6.31. The van der Waals surface area contributed by atoms with Gasteiger partial charge in [0.15, 0.2) is 0 Å². The molecular weight excluding hydrogens is 310 g/mol. The van der Waals surface area contributed by atoms with Crippen LogP contribution >= 0.6 is 0 Å². The zero-order valence-electron chi connectivity index (χ0n) is 14.1. The van der Waals surface area contributed by atoms with Gasteiger partial charge in [-0.15, -0.1) is 0 Å². The number of likely N-dealkylation sites (tertiary alicyclic amines) is 1. The van der Waals surface area contributed by atoms with Crippen molar-refractivity contribution in [1.82, 2.24) is 14.9 Å². The molecule has 1 aromatic heterocycles. The quantitative estimate of drug-likeness (QED) is 0.810. The van der Waals surface area contributed by atoms with Gasteiger partial charge in [-0.2, -0.15) is 0 Å². The van der Waals surface area contributed by atoms with Crippen LogP contribution in [-0.4, -0.2) is 65.4 Å². The molecule has 3 rings (SSSR count). The van der Waals surface area contributed by atoms with E-state index in [2.05, 4.69) is 9.97 Å². The Morgan fingerprint density at radius 2 is 2.12 bits per heavy atom. The van der Waals surface area contributed by atoms with Crippen LogP contribution < -0.4 is 4.74 Å². The van der Waals surface area contributed by atoms with E-state index < -0.39 is 0 Å². The van der Waals surface area contributed by atoms with Crippen molar-refractivity contribution >= 4 is 5.91 Å². The summed E-state index contributed by atoms with van der Waals surface area (Å²) in [6.45, 7) is 4.71. The Morgan fingerprint density at radius 1 is 1.38 bits per heavy atom. The highest BCUT2D eigenvalue weighted by molar-refractivity contribution is 5.77. The first kappa shape index (κ1) is 17.1. The fourth-order valence-corrected chi connectivity index (χ4v) is 3.37. The molecule has 2 aliphatic heterocycles. The molecule has 0 aliphatic carbocycles. The number of piperidine rings is 1. The van der Waals surface area contributed by atoms with E-state index in [1.165, 1.54) is 0 Å². The lowest BCUT2D eigenvalue weighted by molar-refractivity contribution is -0.154. The minimum Gasteiger partial charge on any atom is -0.460 e. The molecule has 3 heterocycles. The first-order chi connectivity index (χ1) is 11.7. The van der Waals surface area contributed by atoms with E-state index >= 15 is 0 Å². The van der Waals surface area contributed by atoms with Crippen LogP contribution in [0, 0.1) is 0 Å². The molecule has 0 N–H and O–H groups in total. The van der Waals surface area contributed by atoms with Gasteiger partial charge < -0.3 is 19.1 Å². The molecule has 7 heteroatoms. The van der Waals surface area contributed by atoms with E-state index in [0.717, 1.165) is 25.7 Å². The Kier molecular flexibility index (Phi) is 5.63. The third kappa shape index (κ3) is 4.21. The monoisotopic (exact) mass is 335 g/mol. The number of ether oxygens (including phenoxy) is 3. The minimum absolute atomic E-state index is 0.0619. The number of carbonyl (C=O) groups excluding carboxylic acids is 1. The first-order valence-electron chi connectivity index (χ1n) is 8.64. The first-order valence-corrected chi connectivity index (χ1v) is 8.64. The number of hydrogen-bond donors (Lipinski definition) is 0. The van der Waals surface area contributed by atoms with Crippen molar-refractivity contribution in [3.05, 3.63) is 18.5 Å². The number of hydrogen-bond acceptors (Lipinski definition) is 6. The Morgan fingerprint density at radius 3 is 2.83 bits per heavy atom. The minimum atomic E-state index is -0.194. The molecule has 1 aromatic rings. The third-order valence-electron chi connectivity index (χ3n) is 4.72. The Hall–Kier alpha value is -1.73. The summed E-state index contributed by atoms with van der Waals surface area (Å²) >= 11 is 0. The van der Waals surface area contributed by atoms with Crippen LogP contribution in [0.4, 0.5) is 0 Å². The van der Waals surface area contributed by atoms with E-state index in [9.17, 15) is 4.79 Å². The van der Waals surface area contributed by atoms with E-state index in [0.29, 0.717) is 32.3 Å². The molecule has 0 saturated carbocycles. The molecule has 7 nitrogen and oxygen atoms in total. The largest absolute Gasteiger partial charge is 0.460 e. The topological polar surface area (TPSA) is 73.8 Å². The second kappa shape index (κ2) is 7.90. The number of amides is 1. The van der Waals surface area contributed by atoms with Gasteiger partial charge in [0.1, 0.15) is 12.7 Å². The average molecular weight is 335 g/mol. The molecule has 24 heavy (non-hydrogen) atoms. The molecule has 1 spiro atoms. The lowest BCUT2D eigenvalue weighted by Gasteiger charge is -2.45. The Balaban J connectivity index is 1.52. The molecule has 0 aromatic carbocycles. The molecular formula is C17H25N3O4. The fraction of sp³-hybridized carbons (Fsp3) is 0.706. The van der Waals surface area contributed by atoms with Crippen molar-refractivity contribution in [2.45, 2.75) is 44.3 Å². The summed E-state index contributed by atoms with van der Waals surface area (Å²) in [5, 5.41) is 0. The van der Waals surface area contributed by atoms with Crippen LogP contribution in [0.25, 0.3) is 0 Å². The van der Waals surface area contributed by atoms with E-state index in [-0.39, 0.29) is 24.2 Å². The maximum Gasteiger partial charge on any atom is 0.316 e. The van der Waals surface area contributed by atoms with Crippen molar-refractivity contribution in [3.63, 3.8) is 0 Å². The van der Waals surface area contributed by atoms with E-state index in [1.54, 1.807) is 18.5 Å². The van der Waals surface area contributed by atoms with Crippen molar-refractivity contribution in [1.29, 1.82) is 0 Å². The summed E-state index contributed by atoms with van der Waals surface area (Å²) in [6.07, 6.45) is 6.75. The van der Waals surface area contributed by atoms with Gasteiger partial charge in [-0.1, -0.05) is 0 Å². The van der Waals surface area contributed by atoms with Gasteiger partial charge in [0.05, 0.1) is 12.2 Å². The lowest BCUT2D eigenvalue weighted by atomic mass is 9.83. The average Bonchev–Trinajstić information content (AvgIpc) is 2.61. The predicted molar refractivity (Wildman–Crippen MR) is 86.7 cm³/mol. The second-order valence-electron chi connectivity index (χ2n) is 6.31. The van der Waals surface area contributed by atoms with Crippen LogP contribution in [-0.2, 0) is 14.3 Å². The molecule has 2 fully saturated rings. The maximum absolute atomic E-state index is 12.1. The van der Waals surface area contributed by atoms with Gasteiger partial charge >= 0.3 is 6.01 Å². The molecule has 0 radical (unpaired) electrons. The molecule has 1 amide bonds. The highest BCUT2D eigenvalue weighted by atomic mass is 16.5. The van der Waals surface area contributed by atoms with Gasteiger partial charge in [0, 0.05) is 44.9 Å². The van der Waals surface area contributed by atoms with Crippen molar-refractivity contribution in [3.8, 4) is 6.01 Å². The summed E-state index contributed by atoms with van der Waals surface area (Å²) < 4.78 is 17.2. The molecule has 1 atom stereocenters. The zero-order chi connectivity index (χ0) is 16.8. The van der Waals surface area contributed by atoms with Crippen LogP contribution in [0.15, 0.2) is 18.5 Å². The summed E-state index contributed by atoms with van der Waals surface area (Å²) in [5.74, 6) is 0.0630. The highest BCUT2D eigenvalue weighted by Crippen LogP contribution is 2.36. The Bertz CT molecular complexity index is 532. The van der Waals surface area contributed by atoms with Crippen molar-refractivity contribution in [2.75, 3.05) is 32.9 Å². The number of carbonyl (C=O) groups is 1. The van der Waals surface area contributed by atoms with Crippen LogP contribution in [0.2, 0.25) is 0 Å². The molecule has 0 bridgehead atoms. The Labute approximate surface area is 142 Å². The van der Waals surface area contributed by atoms with Gasteiger partial charge in [-0.05, 0) is 25.8 Å². The molecule has 1 unspecified atom stereocenters. The van der Waals surface area contributed by atoms with Gasteiger partial charge in [0.25, 0.3) is 0 Å². The fourth-order valence-electron chi connectivity index (χ4n) is 3.37. The van der Waals surface area contributed by atoms with Gasteiger partial charge in [-0.25, -0.2) is 9.97 Å². The van der Waals surface area contributed by atoms with Gasteiger partial charge in [0.2, 0.25) is 5.91 Å². The summed E-state index contributed by atoms with van der Waals surface area (Å²) in [7, 11) is 0.